The maximum absolute atomic E-state index is 12.6. The van der Waals surface area contributed by atoms with E-state index in [0.29, 0.717) is 52.6 Å². The number of benzene rings is 2. The number of hydrogen-bond donors (Lipinski definition) is 5. The van der Waals surface area contributed by atoms with Crippen molar-refractivity contribution in [1.82, 2.24) is 36.2 Å². The van der Waals surface area contributed by atoms with Gasteiger partial charge in [0.15, 0.2) is 0 Å². The van der Waals surface area contributed by atoms with Gasteiger partial charge in [-0.1, -0.05) is 88.4 Å². The standard InChI is InChI=1S/C23H24N4O2.C13H13N3O.C10H13NO2/c1-16(2)13-19-15-18(10-12-24-19)22(28)26-27-23(29)20-9-6-11-25-21(20)14-17-7-4-3-5-8-17;14-16-13(17)11-7-4-8-15-12(11)9-10-5-2-1-3-6-10;1-7(2)5-9-6-8(10(12)13)3-4-11-9/h3-12,15-16H,13-14H2,1-2H3,(H,26,28)(H,27,29);1-8H,9,14H2,(H,16,17);3-4,6-7H,5H2,1-2H3,(H,12,13). The summed E-state index contributed by atoms with van der Waals surface area (Å²) in [5.41, 5.74) is 14.0. The van der Waals surface area contributed by atoms with Crippen LogP contribution in [0, 0.1) is 11.8 Å². The second-order valence-electron chi connectivity index (χ2n) is 14.3. The van der Waals surface area contributed by atoms with Crippen molar-refractivity contribution in [2.45, 2.75) is 53.4 Å². The molecule has 0 unspecified atom stereocenters. The van der Waals surface area contributed by atoms with Crippen molar-refractivity contribution in [3.8, 4) is 0 Å². The fraction of sp³-hybridized carbons (Fsp3) is 0.217. The number of pyridine rings is 4. The minimum atomic E-state index is -0.896. The van der Waals surface area contributed by atoms with Crippen LogP contribution in [0.25, 0.3) is 0 Å². The Hall–Kier alpha value is -7.12. The summed E-state index contributed by atoms with van der Waals surface area (Å²) in [4.78, 5) is 64.2. The Labute approximate surface area is 344 Å². The van der Waals surface area contributed by atoms with Crippen molar-refractivity contribution in [3.05, 3.63) is 190 Å². The van der Waals surface area contributed by atoms with Gasteiger partial charge in [0.1, 0.15) is 0 Å². The molecular weight excluding hydrogens is 745 g/mol. The highest BCUT2D eigenvalue weighted by Crippen LogP contribution is 2.14. The first-order valence-corrected chi connectivity index (χ1v) is 19.1. The van der Waals surface area contributed by atoms with E-state index in [2.05, 4.69) is 63.9 Å². The molecule has 0 aliphatic carbocycles. The van der Waals surface area contributed by atoms with Gasteiger partial charge in [0, 0.05) is 54.6 Å². The van der Waals surface area contributed by atoms with E-state index in [1.165, 1.54) is 6.07 Å². The van der Waals surface area contributed by atoms with E-state index in [4.69, 9.17) is 10.9 Å². The summed E-state index contributed by atoms with van der Waals surface area (Å²) in [6.07, 6.45) is 9.22. The molecule has 6 rings (SSSR count). The molecule has 0 bridgehead atoms. The number of nitrogens with zero attached hydrogens (tertiary/aromatic N) is 4. The summed E-state index contributed by atoms with van der Waals surface area (Å²) in [6.45, 7) is 8.34. The number of nitrogens with two attached hydrogens (primary N) is 1. The molecule has 4 heterocycles. The number of aromatic carboxylic acids is 1. The Balaban J connectivity index is 0.000000216. The first-order valence-electron chi connectivity index (χ1n) is 19.1. The Morgan fingerprint density at radius 3 is 1.44 bits per heavy atom. The maximum Gasteiger partial charge on any atom is 0.335 e. The highest BCUT2D eigenvalue weighted by Gasteiger charge is 2.15. The highest BCUT2D eigenvalue weighted by atomic mass is 16.4. The van der Waals surface area contributed by atoms with Crippen LogP contribution in [0.15, 0.2) is 134 Å². The third-order valence-electron chi connectivity index (χ3n) is 8.50. The van der Waals surface area contributed by atoms with E-state index in [9.17, 15) is 19.2 Å². The van der Waals surface area contributed by atoms with Crippen LogP contribution in [0.5, 0.6) is 0 Å². The second kappa shape index (κ2) is 23.2. The van der Waals surface area contributed by atoms with E-state index in [-0.39, 0.29) is 11.8 Å². The molecule has 0 spiro atoms. The number of aromatic nitrogens is 4. The molecule has 0 saturated heterocycles. The molecule has 3 amide bonds. The zero-order chi connectivity index (χ0) is 42.6. The van der Waals surface area contributed by atoms with Gasteiger partial charge in [-0.25, -0.2) is 10.6 Å². The molecule has 13 heteroatoms. The third-order valence-corrected chi connectivity index (χ3v) is 8.50. The summed E-state index contributed by atoms with van der Waals surface area (Å²) in [7, 11) is 0. The third kappa shape index (κ3) is 15.0. The average molecular weight is 795 g/mol. The number of rotatable bonds is 12. The largest absolute Gasteiger partial charge is 0.478 e. The summed E-state index contributed by atoms with van der Waals surface area (Å²) >= 11 is 0. The monoisotopic (exact) mass is 794 g/mol. The number of hydrogen-bond acceptors (Lipinski definition) is 9. The van der Waals surface area contributed by atoms with Crippen molar-refractivity contribution in [3.63, 3.8) is 0 Å². The predicted molar refractivity (Wildman–Crippen MR) is 226 cm³/mol. The SMILES string of the molecule is CC(C)Cc1cc(C(=O)NNC(=O)c2cccnc2Cc2ccccc2)ccn1.CC(C)Cc1cc(C(=O)O)ccn1.NNC(=O)c1cccnc1Cc1ccccc1. The Morgan fingerprint density at radius 2 is 0.983 bits per heavy atom. The van der Waals surface area contributed by atoms with Gasteiger partial charge in [0.05, 0.1) is 28.1 Å². The maximum atomic E-state index is 12.6. The average Bonchev–Trinajstić information content (AvgIpc) is 3.24. The molecule has 0 saturated carbocycles. The molecule has 0 aliphatic heterocycles. The van der Waals surface area contributed by atoms with Crippen LogP contribution in [-0.2, 0) is 25.7 Å². The van der Waals surface area contributed by atoms with Gasteiger partial charge in [-0.05, 0) is 84.3 Å². The molecule has 13 nitrogen and oxygen atoms in total. The first-order chi connectivity index (χ1) is 28.4. The van der Waals surface area contributed by atoms with Gasteiger partial charge in [-0.3, -0.25) is 50.6 Å². The number of carboxylic acid groups (broad SMARTS) is 1. The minimum absolute atomic E-state index is 0.311. The van der Waals surface area contributed by atoms with Gasteiger partial charge in [0.2, 0.25) is 0 Å². The van der Waals surface area contributed by atoms with Crippen LogP contribution >= 0.6 is 0 Å². The zero-order valence-electron chi connectivity index (χ0n) is 33.6. The lowest BCUT2D eigenvalue weighted by molar-refractivity contribution is 0.0695. The van der Waals surface area contributed by atoms with Crippen LogP contribution < -0.4 is 22.1 Å². The Bertz CT molecular complexity index is 2290. The first kappa shape index (κ1) is 44.6. The van der Waals surface area contributed by atoms with E-state index >= 15 is 0 Å². The van der Waals surface area contributed by atoms with Crippen LogP contribution in [0.1, 0.15) is 103 Å². The van der Waals surface area contributed by atoms with Crippen molar-refractivity contribution >= 4 is 23.7 Å². The van der Waals surface area contributed by atoms with Crippen molar-refractivity contribution in [2.75, 3.05) is 0 Å². The van der Waals surface area contributed by atoms with Crippen LogP contribution in [0.3, 0.4) is 0 Å². The molecule has 2 aromatic carbocycles. The van der Waals surface area contributed by atoms with Crippen LogP contribution in [0.4, 0.5) is 0 Å². The smallest absolute Gasteiger partial charge is 0.335 e. The second-order valence-corrected chi connectivity index (χ2v) is 14.3. The lowest BCUT2D eigenvalue weighted by Crippen LogP contribution is -2.42. The van der Waals surface area contributed by atoms with Crippen LogP contribution in [0.2, 0.25) is 0 Å². The molecule has 59 heavy (non-hydrogen) atoms. The summed E-state index contributed by atoms with van der Waals surface area (Å²) in [6, 6.07) is 33.0. The molecule has 0 radical (unpaired) electrons. The van der Waals surface area contributed by atoms with E-state index in [1.807, 2.05) is 60.7 Å². The molecule has 0 fully saturated rings. The number of hydrazine groups is 2. The van der Waals surface area contributed by atoms with Gasteiger partial charge in [-0.15, -0.1) is 0 Å². The molecule has 0 aliphatic rings. The fourth-order valence-electron chi connectivity index (χ4n) is 5.77. The molecule has 304 valence electrons. The number of carboxylic acids is 1. The lowest BCUT2D eigenvalue weighted by atomic mass is 10.0. The normalized spacial score (nSPS) is 10.4. The fourth-order valence-corrected chi connectivity index (χ4v) is 5.77. The molecular formula is C46H50N8O5. The number of nitrogen functional groups attached to an aromatic ring is 1. The van der Waals surface area contributed by atoms with E-state index in [1.54, 1.807) is 67.3 Å². The number of carbonyl (C=O) groups is 4. The molecule has 0 atom stereocenters. The lowest BCUT2D eigenvalue weighted by Gasteiger charge is -2.11. The van der Waals surface area contributed by atoms with Crippen molar-refractivity contribution < 1.29 is 24.3 Å². The van der Waals surface area contributed by atoms with Crippen molar-refractivity contribution in [2.24, 2.45) is 17.7 Å². The summed E-state index contributed by atoms with van der Waals surface area (Å²) in [5.74, 6) is 4.07. The Kier molecular flexibility index (Phi) is 17.5. The van der Waals surface area contributed by atoms with Gasteiger partial charge < -0.3 is 5.11 Å². The van der Waals surface area contributed by atoms with E-state index in [0.717, 1.165) is 41.1 Å². The number of nitrogens with one attached hydrogen (secondary N) is 3. The molecule has 6 N–H and O–H groups in total. The van der Waals surface area contributed by atoms with Gasteiger partial charge in [0.25, 0.3) is 17.7 Å². The van der Waals surface area contributed by atoms with Gasteiger partial charge >= 0.3 is 5.97 Å². The Morgan fingerprint density at radius 1 is 0.542 bits per heavy atom. The summed E-state index contributed by atoms with van der Waals surface area (Å²) < 4.78 is 0. The topological polar surface area (TPSA) is 202 Å². The number of amides is 3. The quantitative estimate of drug-likeness (QED) is 0.0511. The predicted octanol–water partition coefficient (Wildman–Crippen LogP) is 6.59. The van der Waals surface area contributed by atoms with Gasteiger partial charge in [-0.2, -0.15) is 0 Å². The molecule has 4 aromatic heterocycles. The number of carbonyl (C=O) groups excluding carboxylic acids is 3. The van der Waals surface area contributed by atoms with Crippen molar-refractivity contribution in [1.29, 1.82) is 0 Å². The van der Waals surface area contributed by atoms with Crippen LogP contribution in [-0.4, -0.2) is 48.7 Å². The highest BCUT2D eigenvalue weighted by molar-refractivity contribution is 5.99. The van der Waals surface area contributed by atoms with E-state index < -0.39 is 11.9 Å². The minimum Gasteiger partial charge on any atom is -0.478 e. The zero-order valence-corrected chi connectivity index (χ0v) is 33.6. The molecule has 6 aromatic rings. The summed E-state index contributed by atoms with van der Waals surface area (Å²) in [5, 5.41) is 8.72.